The fraction of sp³-hybridized carbons (Fsp3) is 0.250. The van der Waals surface area contributed by atoms with E-state index in [2.05, 4.69) is 5.32 Å². The first-order valence-electron chi connectivity index (χ1n) is 8.58. The van der Waals surface area contributed by atoms with E-state index in [-0.39, 0.29) is 29.6 Å². The Labute approximate surface area is 150 Å². The van der Waals surface area contributed by atoms with Crippen molar-refractivity contribution in [2.24, 2.45) is 11.8 Å². The summed E-state index contributed by atoms with van der Waals surface area (Å²) in [5, 5.41) is 2.76. The molecule has 2 aliphatic rings. The second-order valence-corrected chi connectivity index (χ2v) is 6.48. The van der Waals surface area contributed by atoms with E-state index in [4.69, 9.17) is 4.42 Å². The molecule has 6 heteroatoms. The van der Waals surface area contributed by atoms with Crippen molar-refractivity contribution in [3.8, 4) is 0 Å². The lowest BCUT2D eigenvalue weighted by atomic mass is 9.85. The zero-order valence-corrected chi connectivity index (χ0v) is 14.1. The number of carbonyl (C=O) groups is 3. The molecule has 2 atom stereocenters. The summed E-state index contributed by atoms with van der Waals surface area (Å²) in [6, 6.07) is 10.1. The van der Waals surface area contributed by atoms with Gasteiger partial charge in [0.15, 0.2) is 0 Å². The van der Waals surface area contributed by atoms with Gasteiger partial charge in [-0.25, -0.2) is 0 Å². The summed E-state index contributed by atoms with van der Waals surface area (Å²) in [4.78, 5) is 38.6. The average Bonchev–Trinajstić information content (AvgIpc) is 3.28. The van der Waals surface area contributed by atoms with Gasteiger partial charge in [-0.2, -0.15) is 0 Å². The van der Waals surface area contributed by atoms with E-state index in [0.717, 1.165) is 0 Å². The smallest absolute Gasteiger partial charge is 0.251 e. The van der Waals surface area contributed by atoms with Gasteiger partial charge in [0.25, 0.3) is 5.91 Å². The van der Waals surface area contributed by atoms with E-state index in [9.17, 15) is 14.4 Å². The highest BCUT2D eigenvalue weighted by atomic mass is 16.3. The van der Waals surface area contributed by atoms with Crippen LogP contribution < -0.4 is 10.2 Å². The van der Waals surface area contributed by atoms with Crippen molar-refractivity contribution >= 4 is 23.4 Å². The number of nitrogens with one attached hydrogen (secondary N) is 1. The molecule has 1 aliphatic heterocycles. The van der Waals surface area contributed by atoms with Crippen LogP contribution in [0.1, 0.15) is 29.0 Å². The highest BCUT2D eigenvalue weighted by molar-refractivity contribution is 6.22. The van der Waals surface area contributed by atoms with Crippen molar-refractivity contribution in [2.75, 3.05) is 4.90 Å². The van der Waals surface area contributed by atoms with Crippen LogP contribution in [0.3, 0.4) is 0 Å². The monoisotopic (exact) mass is 350 g/mol. The maximum absolute atomic E-state index is 12.6. The molecule has 1 fully saturated rings. The lowest BCUT2D eigenvalue weighted by Gasteiger charge is -2.15. The number of rotatable bonds is 4. The largest absolute Gasteiger partial charge is 0.467 e. The van der Waals surface area contributed by atoms with Crippen molar-refractivity contribution in [3.05, 3.63) is 66.1 Å². The molecule has 1 aromatic carbocycles. The predicted molar refractivity (Wildman–Crippen MR) is 94.2 cm³/mol. The third-order valence-corrected chi connectivity index (χ3v) is 4.90. The number of anilines is 1. The maximum Gasteiger partial charge on any atom is 0.251 e. The van der Waals surface area contributed by atoms with Crippen LogP contribution in [0.2, 0.25) is 0 Å². The lowest BCUT2D eigenvalue weighted by molar-refractivity contribution is -0.122. The molecular weight excluding hydrogens is 332 g/mol. The van der Waals surface area contributed by atoms with E-state index >= 15 is 0 Å². The topological polar surface area (TPSA) is 79.6 Å². The number of amides is 3. The zero-order chi connectivity index (χ0) is 18.1. The van der Waals surface area contributed by atoms with Gasteiger partial charge in [-0.3, -0.25) is 19.3 Å². The Hall–Kier alpha value is -3.15. The molecule has 26 heavy (non-hydrogen) atoms. The Morgan fingerprint density at radius 2 is 1.69 bits per heavy atom. The molecule has 0 bridgehead atoms. The number of allylic oxidation sites excluding steroid dienone is 2. The van der Waals surface area contributed by atoms with E-state index in [0.29, 0.717) is 36.4 Å². The second kappa shape index (κ2) is 6.63. The van der Waals surface area contributed by atoms with Gasteiger partial charge in [-0.1, -0.05) is 12.2 Å². The Morgan fingerprint density at radius 1 is 1.04 bits per heavy atom. The SMILES string of the molecule is O=C(NCc1ccco1)c1ccc(N2C(=O)C3CC=CCC3C2=O)cc1. The Morgan fingerprint density at radius 3 is 2.27 bits per heavy atom. The molecule has 1 aromatic heterocycles. The minimum atomic E-state index is -0.260. The van der Waals surface area contributed by atoms with Crippen molar-refractivity contribution in [1.29, 1.82) is 0 Å². The number of nitrogens with zero attached hydrogens (tertiary/aromatic N) is 1. The zero-order valence-electron chi connectivity index (χ0n) is 14.1. The first-order valence-corrected chi connectivity index (χ1v) is 8.58. The molecule has 0 saturated carbocycles. The van der Waals surface area contributed by atoms with Gasteiger partial charge in [0, 0.05) is 5.56 Å². The standard InChI is InChI=1S/C20H18N2O4/c23-18(21-12-15-4-3-11-26-15)13-7-9-14(10-8-13)22-19(24)16-5-1-2-6-17(16)20(22)25/h1-4,7-11,16-17H,5-6,12H2,(H,21,23). The molecule has 0 spiro atoms. The lowest BCUT2D eigenvalue weighted by Crippen LogP contribution is -2.31. The molecule has 4 rings (SSSR count). The molecule has 1 N–H and O–H groups in total. The summed E-state index contributed by atoms with van der Waals surface area (Å²) >= 11 is 0. The summed E-state index contributed by atoms with van der Waals surface area (Å²) in [6.07, 6.45) is 6.69. The summed E-state index contributed by atoms with van der Waals surface area (Å²) in [6.45, 7) is 0.299. The third kappa shape index (κ3) is 2.83. The van der Waals surface area contributed by atoms with Gasteiger partial charge >= 0.3 is 0 Å². The van der Waals surface area contributed by atoms with Gasteiger partial charge in [-0.15, -0.1) is 0 Å². The van der Waals surface area contributed by atoms with Crippen molar-refractivity contribution in [3.63, 3.8) is 0 Å². The fourth-order valence-electron chi connectivity index (χ4n) is 3.50. The number of fused-ring (bicyclic) bond motifs is 1. The molecule has 132 valence electrons. The van der Waals surface area contributed by atoms with Crippen LogP contribution in [-0.2, 0) is 16.1 Å². The van der Waals surface area contributed by atoms with Gasteiger partial charge in [0.05, 0.1) is 30.3 Å². The minimum Gasteiger partial charge on any atom is -0.467 e. The molecule has 6 nitrogen and oxygen atoms in total. The van der Waals surface area contributed by atoms with E-state index < -0.39 is 0 Å². The Balaban J connectivity index is 1.46. The summed E-state index contributed by atoms with van der Waals surface area (Å²) in [7, 11) is 0. The number of hydrogen-bond acceptors (Lipinski definition) is 4. The van der Waals surface area contributed by atoms with Gasteiger partial charge in [-0.05, 0) is 49.2 Å². The number of hydrogen-bond donors (Lipinski definition) is 1. The summed E-state index contributed by atoms with van der Waals surface area (Å²) in [5.74, 6) is -0.407. The molecule has 2 heterocycles. The van der Waals surface area contributed by atoms with Crippen molar-refractivity contribution in [1.82, 2.24) is 5.32 Å². The van der Waals surface area contributed by atoms with Gasteiger partial charge in [0.2, 0.25) is 11.8 Å². The maximum atomic E-state index is 12.6. The van der Waals surface area contributed by atoms with Crippen LogP contribution in [0.15, 0.2) is 59.2 Å². The van der Waals surface area contributed by atoms with Gasteiger partial charge in [0.1, 0.15) is 5.76 Å². The molecule has 3 amide bonds. The average molecular weight is 350 g/mol. The normalized spacial score (nSPS) is 21.8. The minimum absolute atomic E-state index is 0.153. The molecule has 0 radical (unpaired) electrons. The van der Waals surface area contributed by atoms with Crippen LogP contribution >= 0.6 is 0 Å². The predicted octanol–water partition coefficient (Wildman–Crippen LogP) is 2.67. The highest BCUT2D eigenvalue weighted by Crippen LogP contribution is 2.37. The van der Waals surface area contributed by atoms with Crippen molar-refractivity contribution < 1.29 is 18.8 Å². The number of benzene rings is 1. The van der Waals surface area contributed by atoms with Gasteiger partial charge < -0.3 is 9.73 Å². The van der Waals surface area contributed by atoms with E-state index in [1.54, 1.807) is 42.7 Å². The molecule has 2 unspecified atom stereocenters. The fourth-order valence-corrected chi connectivity index (χ4v) is 3.50. The van der Waals surface area contributed by atoms with Crippen LogP contribution in [0, 0.1) is 11.8 Å². The van der Waals surface area contributed by atoms with Crippen molar-refractivity contribution in [2.45, 2.75) is 19.4 Å². The van der Waals surface area contributed by atoms with Crippen LogP contribution in [0.25, 0.3) is 0 Å². The van der Waals surface area contributed by atoms with Crippen LogP contribution in [0.4, 0.5) is 5.69 Å². The first-order chi connectivity index (χ1) is 12.6. The number of imide groups is 1. The van der Waals surface area contributed by atoms with Crippen LogP contribution in [0.5, 0.6) is 0 Å². The molecular formula is C20H18N2O4. The molecule has 1 saturated heterocycles. The first kappa shape index (κ1) is 16.3. The van der Waals surface area contributed by atoms with E-state index in [1.165, 1.54) is 4.90 Å². The summed E-state index contributed by atoms with van der Waals surface area (Å²) in [5.41, 5.74) is 0.968. The van der Waals surface area contributed by atoms with E-state index in [1.807, 2.05) is 12.2 Å². The number of carbonyl (C=O) groups excluding carboxylic acids is 3. The third-order valence-electron chi connectivity index (χ3n) is 4.90. The molecule has 2 aromatic rings. The Kier molecular flexibility index (Phi) is 4.16. The van der Waals surface area contributed by atoms with Crippen LogP contribution in [-0.4, -0.2) is 17.7 Å². The summed E-state index contributed by atoms with van der Waals surface area (Å²) < 4.78 is 5.17. The highest BCUT2D eigenvalue weighted by Gasteiger charge is 2.47. The Bertz CT molecular complexity index is 842. The quantitative estimate of drug-likeness (QED) is 0.679. The molecule has 1 aliphatic carbocycles. The second-order valence-electron chi connectivity index (χ2n) is 6.48. The number of furan rings is 1.